The number of aliphatic hydroxyl groups is 14. The number of ether oxygens (including phenoxy) is 8. The zero-order valence-corrected chi connectivity index (χ0v) is 64.3. The molecule has 0 aromatic carbocycles. The maximum atomic E-state index is 13.6. The quantitative estimate of drug-likeness (QED) is 0.0307. The van der Waals surface area contributed by atoms with Gasteiger partial charge >= 0.3 is 11.9 Å². The highest BCUT2D eigenvalue weighted by atomic mass is 16.8. The minimum Gasteiger partial charge on any atom is -0.477 e. The number of unbranched alkanes of at least 4 members (excludes halogenated alkanes) is 31. The minimum atomic E-state index is -3.39. The molecule has 0 spiro atoms. The second kappa shape index (κ2) is 52.6. The number of nitrogens with one attached hydrogen (secondary N) is 3. The average molecular weight is 1560 g/mol. The Bertz CT molecular complexity index is 2510. The lowest BCUT2D eigenvalue weighted by atomic mass is 9.87. The maximum Gasteiger partial charge on any atom is 0.364 e. The van der Waals surface area contributed by atoms with Crippen molar-refractivity contribution in [3.8, 4) is 0 Å². The Morgan fingerprint density at radius 2 is 0.926 bits per heavy atom. The van der Waals surface area contributed by atoms with E-state index in [1.54, 1.807) is 6.08 Å². The van der Waals surface area contributed by atoms with Gasteiger partial charge in [-0.15, -0.1) is 0 Å². The Kier molecular flexibility index (Phi) is 47.0. The topological polar surface area (TPSA) is 519 Å². The molecule has 3 unspecified atom stereocenters. The summed E-state index contributed by atoms with van der Waals surface area (Å²) in [6.45, 7) is 1.14. The standard InChI is InChI=1S/C76H137N3O29/c1-5-7-9-11-13-15-17-19-20-21-22-23-24-25-26-28-30-32-34-36-38-40-58(90)79-50(51(86)39-37-35-33-31-29-27-18-16-14-12-10-8-6-2)47-101-71-65(95)64(94)67(57(46-83)103-71)104-72-66(96)70(62(92)55(44-81)102-72)108-76(74(99)100)42-53(88)60(78-49(4)85)69(107-76)63(93)56(45-82)105-75(73(97)98)41-52(87)59(77-48(3)84)68(106-75)61(91)54(89)43-80/h37,39,50-57,59-72,80-83,86-89,91-96H,5-36,38,40-47H2,1-4H3,(H,77,84)(H,78,85)(H,79,90)(H,97,98)(H,99,100)/t50-,51+,52-,53-,54+,55+,56+,57+,59+,60+,61+,62-,63+,64+,65?,66+,67+,68?,69?,70-,71+,72-,75+,76-/m0/s1. The van der Waals surface area contributed by atoms with Crippen LogP contribution >= 0.6 is 0 Å². The fourth-order valence-electron chi connectivity index (χ4n) is 14.6. The van der Waals surface area contributed by atoms with Crippen LogP contribution in [0.4, 0.5) is 0 Å². The van der Waals surface area contributed by atoms with Gasteiger partial charge in [0.1, 0.15) is 85.5 Å². The van der Waals surface area contributed by atoms with Gasteiger partial charge in [-0.2, -0.15) is 0 Å². The molecule has 0 radical (unpaired) electrons. The smallest absolute Gasteiger partial charge is 0.364 e. The Morgan fingerprint density at radius 1 is 0.500 bits per heavy atom. The summed E-state index contributed by atoms with van der Waals surface area (Å²) in [7, 11) is 0. The number of aliphatic hydroxyl groups excluding tert-OH is 14. The summed E-state index contributed by atoms with van der Waals surface area (Å²) in [5.74, 6) is -13.1. The van der Waals surface area contributed by atoms with Gasteiger partial charge in [-0.25, -0.2) is 9.59 Å². The summed E-state index contributed by atoms with van der Waals surface area (Å²) >= 11 is 0. The Hall–Kier alpha value is -3.79. The normalized spacial score (nSPS) is 30.6. The highest BCUT2D eigenvalue weighted by Crippen LogP contribution is 2.41. The van der Waals surface area contributed by atoms with E-state index in [-0.39, 0.29) is 12.3 Å². The lowest BCUT2D eigenvalue weighted by molar-refractivity contribution is -0.388. The van der Waals surface area contributed by atoms with Crippen molar-refractivity contribution in [2.24, 2.45) is 0 Å². The van der Waals surface area contributed by atoms with E-state index in [1.165, 1.54) is 148 Å². The summed E-state index contributed by atoms with van der Waals surface area (Å²) in [5, 5.41) is 185. The largest absolute Gasteiger partial charge is 0.477 e. The van der Waals surface area contributed by atoms with E-state index in [1.807, 2.05) is 6.08 Å². The predicted octanol–water partition coefficient (Wildman–Crippen LogP) is 2.68. The predicted molar refractivity (Wildman–Crippen MR) is 391 cm³/mol. The van der Waals surface area contributed by atoms with Crippen LogP contribution in [0.3, 0.4) is 0 Å². The molecule has 0 aliphatic carbocycles. The number of carbonyl (C=O) groups is 5. The first kappa shape index (κ1) is 96.6. The fraction of sp³-hybridized carbons (Fsp3) is 0.908. The molecule has 4 fully saturated rings. The molecule has 24 atom stereocenters. The molecule has 32 nitrogen and oxygen atoms in total. The summed E-state index contributed by atoms with van der Waals surface area (Å²) < 4.78 is 46.5. The van der Waals surface area contributed by atoms with Crippen molar-refractivity contribution < 1.29 is 144 Å². The Labute approximate surface area is 636 Å². The molecule has 32 heteroatoms. The van der Waals surface area contributed by atoms with Crippen LogP contribution in [0.5, 0.6) is 0 Å². The number of carboxylic acid groups (broad SMARTS) is 2. The molecule has 4 aliphatic heterocycles. The number of rotatable bonds is 58. The van der Waals surface area contributed by atoms with Crippen molar-refractivity contribution in [3.63, 3.8) is 0 Å². The molecule has 0 saturated carbocycles. The molecule has 4 saturated heterocycles. The van der Waals surface area contributed by atoms with Gasteiger partial charge in [-0.3, -0.25) is 14.4 Å². The second-order valence-corrected chi connectivity index (χ2v) is 30.0. The van der Waals surface area contributed by atoms with Crippen LogP contribution in [0.1, 0.15) is 259 Å². The van der Waals surface area contributed by atoms with Crippen molar-refractivity contribution in [2.45, 2.75) is 405 Å². The zero-order chi connectivity index (χ0) is 79.8. The maximum absolute atomic E-state index is 13.6. The first-order valence-electron chi connectivity index (χ1n) is 40.2. The van der Waals surface area contributed by atoms with Gasteiger partial charge in [0.2, 0.25) is 17.7 Å². The second-order valence-electron chi connectivity index (χ2n) is 30.0. The third-order valence-corrected chi connectivity index (χ3v) is 21.0. The zero-order valence-electron chi connectivity index (χ0n) is 64.3. The van der Waals surface area contributed by atoms with E-state index in [0.717, 1.165) is 65.2 Å². The van der Waals surface area contributed by atoms with Gasteiger partial charge < -0.3 is 136 Å². The first-order valence-corrected chi connectivity index (χ1v) is 40.2. The van der Waals surface area contributed by atoms with E-state index in [2.05, 4.69) is 29.8 Å². The van der Waals surface area contributed by atoms with Crippen LogP contribution < -0.4 is 16.0 Å². The average Bonchev–Trinajstić information content (AvgIpc) is 0.752. The first-order chi connectivity index (χ1) is 51.7. The summed E-state index contributed by atoms with van der Waals surface area (Å²) in [6, 6.07) is -4.73. The van der Waals surface area contributed by atoms with Crippen LogP contribution in [-0.2, 0) is 61.9 Å². The number of allylic oxidation sites excluding steroid dienone is 1. The van der Waals surface area contributed by atoms with Crippen molar-refractivity contribution in [1.29, 1.82) is 0 Å². The van der Waals surface area contributed by atoms with Crippen molar-refractivity contribution in [2.75, 3.05) is 33.0 Å². The number of hydrogen-bond donors (Lipinski definition) is 19. The van der Waals surface area contributed by atoms with Gasteiger partial charge in [0.25, 0.3) is 11.6 Å². The van der Waals surface area contributed by atoms with E-state index in [9.17, 15) is 106 Å². The number of carboxylic acids is 2. The third-order valence-electron chi connectivity index (χ3n) is 21.0. The van der Waals surface area contributed by atoms with Crippen LogP contribution in [0, 0.1) is 0 Å². The van der Waals surface area contributed by atoms with E-state index < -0.39 is 216 Å². The van der Waals surface area contributed by atoms with Crippen molar-refractivity contribution >= 4 is 29.7 Å². The molecule has 3 amide bonds. The highest BCUT2D eigenvalue weighted by Gasteiger charge is 2.62. The van der Waals surface area contributed by atoms with Crippen LogP contribution in [0.25, 0.3) is 0 Å². The summed E-state index contributed by atoms with van der Waals surface area (Å²) in [5.41, 5.74) is 0. The van der Waals surface area contributed by atoms with Crippen LogP contribution in [0.15, 0.2) is 12.2 Å². The molecule has 4 aliphatic rings. The lowest BCUT2D eigenvalue weighted by Crippen LogP contribution is -2.72. The van der Waals surface area contributed by atoms with E-state index >= 15 is 0 Å². The molecule has 19 N–H and O–H groups in total. The monoisotopic (exact) mass is 1560 g/mol. The molecule has 0 aromatic heterocycles. The summed E-state index contributed by atoms with van der Waals surface area (Å²) in [6.07, 6.45) is -0.0209. The third kappa shape index (κ3) is 31.9. The molecule has 0 aromatic rings. The van der Waals surface area contributed by atoms with Crippen LogP contribution in [0.2, 0.25) is 0 Å². The summed E-state index contributed by atoms with van der Waals surface area (Å²) in [4.78, 5) is 65.1. The number of aliphatic carboxylic acids is 2. The molecule has 630 valence electrons. The molecule has 0 bridgehead atoms. The highest BCUT2D eigenvalue weighted by molar-refractivity contribution is 5.78. The molecule has 4 heterocycles. The number of hydrogen-bond acceptors (Lipinski definition) is 27. The van der Waals surface area contributed by atoms with E-state index in [4.69, 9.17) is 37.9 Å². The van der Waals surface area contributed by atoms with Gasteiger partial charge in [-0.1, -0.05) is 219 Å². The minimum absolute atomic E-state index is 0.156. The van der Waals surface area contributed by atoms with E-state index in [0.29, 0.717) is 12.8 Å². The van der Waals surface area contributed by atoms with Gasteiger partial charge in [-0.05, 0) is 19.3 Å². The lowest BCUT2D eigenvalue weighted by Gasteiger charge is -2.51. The van der Waals surface area contributed by atoms with Gasteiger partial charge in [0.05, 0.1) is 69.5 Å². The fourth-order valence-corrected chi connectivity index (χ4v) is 14.6. The molecule has 4 rings (SSSR count). The molecular formula is C76H137N3O29. The van der Waals surface area contributed by atoms with Crippen LogP contribution in [-0.4, -0.2) is 290 Å². The molecular weight excluding hydrogens is 1420 g/mol. The Balaban J connectivity index is 1.44. The van der Waals surface area contributed by atoms with Crippen molar-refractivity contribution in [1.82, 2.24) is 16.0 Å². The Morgan fingerprint density at radius 3 is 1.36 bits per heavy atom. The van der Waals surface area contributed by atoms with Gasteiger partial charge in [0, 0.05) is 33.1 Å². The van der Waals surface area contributed by atoms with Gasteiger partial charge in [0.15, 0.2) is 12.6 Å². The number of carbonyl (C=O) groups excluding carboxylic acids is 3. The number of amides is 3. The van der Waals surface area contributed by atoms with Crippen molar-refractivity contribution in [3.05, 3.63) is 12.2 Å². The molecule has 108 heavy (non-hydrogen) atoms. The SMILES string of the molecule is CCCCCCCCCCCCCC=C[C@@H](O)[C@H](CO[C@@H]1O[C@H](CO)[C@@H](O[C@@H]2O[C@H](CO)[C@H](O)[C@H](O[C@]3(C(=O)O)C[C@H](O)[C@@H](NC(C)=O)C([C@H](O)[C@@H](CO)O[C@]4(C(=O)O)C[C@H](O)[C@@H](NC(C)=O)C([C@H](O)[C@H](O)CO)O4)O3)[C@H]2O)[C@H](O)C1O)NC(=O)CCCCCCCCCCCCCCCCCCCCCCC.